The van der Waals surface area contributed by atoms with Crippen LogP contribution in [0.1, 0.15) is 49.9 Å². The number of fused-ring (bicyclic) bond motifs is 1. The largest absolute Gasteiger partial charge is 0.334 e. The summed E-state index contributed by atoms with van der Waals surface area (Å²) in [7, 11) is 0. The van der Waals surface area contributed by atoms with Crippen molar-refractivity contribution < 1.29 is 0 Å². The van der Waals surface area contributed by atoms with Crippen LogP contribution in [-0.2, 0) is 18.5 Å². The number of aromatic nitrogens is 2. The number of nitrogens with zero attached hydrogens (tertiary/aromatic N) is 2. The Labute approximate surface area is 90.7 Å². The minimum absolute atomic E-state index is 0.0993. The first kappa shape index (κ1) is 9.40. The van der Waals surface area contributed by atoms with Gasteiger partial charge in [0.2, 0.25) is 0 Å². The highest BCUT2D eigenvalue weighted by molar-refractivity contribution is 5.24. The van der Waals surface area contributed by atoms with E-state index in [-0.39, 0.29) is 5.54 Å². The molecule has 3 heteroatoms. The Balaban J connectivity index is 2.00. The lowest BCUT2D eigenvalue weighted by atomic mass is 9.91. The molecule has 1 fully saturated rings. The molecule has 0 amide bonds. The molecule has 1 aliphatic carbocycles. The van der Waals surface area contributed by atoms with Crippen LogP contribution in [-0.4, -0.2) is 9.55 Å². The fourth-order valence-electron chi connectivity index (χ4n) is 3.10. The summed E-state index contributed by atoms with van der Waals surface area (Å²) in [6, 6.07) is 0. The van der Waals surface area contributed by atoms with Crippen LogP contribution in [0.25, 0.3) is 0 Å². The Kier molecular flexibility index (Phi) is 2.09. The predicted molar refractivity (Wildman–Crippen MR) is 59.5 cm³/mol. The van der Waals surface area contributed by atoms with Gasteiger partial charge >= 0.3 is 0 Å². The SMILES string of the molecule is NC1(c2ncn3c2CCCC3)CCCC1. The summed E-state index contributed by atoms with van der Waals surface area (Å²) in [6.07, 6.45) is 10.5. The van der Waals surface area contributed by atoms with E-state index in [0.29, 0.717) is 0 Å². The molecule has 0 saturated heterocycles. The first-order valence-corrected chi connectivity index (χ1v) is 6.13. The van der Waals surface area contributed by atoms with Crippen LogP contribution in [0.3, 0.4) is 0 Å². The molecule has 3 rings (SSSR count). The van der Waals surface area contributed by atoms with Gasteiger partial charge in [-0.25, -0.2) is 4.98 Å². The third-order valence-electron chi connectivity index (χ3n) is 3.98. The van der Waals surface area contributed by atoms with Crippen LogP contribution in [0, 0.1) is 0 Å². The number of nitrogens with two attached hydrogens (primary N) is 1. The van der Waals surface area contributed by atoms with E-state index >= 15 is 0 Å². The summed E-state index contributed by atoms with van der Waals surface area (Å²) in [5.74, 6) is 0. The lowest BCUT2D eigenvalue weighted by Crippen LogP contribution is -2.35. The van der Waals surface area contributed by atoms with Crippen LogP contribution >= 0.6 is 0 Å². The molecule has 1 aromatic heterocycles. The van der Waals surface area contributed by atoms with Gasteiger partial charge < -0.3 is 10.3 Å². The second kappa shape index (κ2) is 3.34. The molecule has 0 radical (unpaired) electrons. The normalized spacial score (nSPS) is 24.1. The van der Waals surface area contributed by atoms with Crippen molar-refractivity contribution in [2.75, 3.05) is 0 Å². The van der Waals surface area contributed by atoms with Gasteiger partial charge in [-0.3, -0.25) is 0 Å². The molecule has 2 heterocycles. The molecule has 0 aromatic carbocycles. The third-order valence-corrected chi connectivity index (χ3v) is 3.98. The van der Waals surface area contributed by atoms with Gasteiger partial charge in [0.25, 0.3) is 0 Å². The average Bonchev–Trinajstić information content (AvgIpc) is 2.84. The predicted octanol–water partition coefficient (Wildman–Crippen LogP) is 1.95. The van der Waals surface area contributed by atoms with E-state index in [0.717, 1.165) is 19.4 Å². The second-order valence-corrected chi connectivity index (χ2v) is 5.05. The first-order chi connectivity index (χ1) is 7.30. The van der Waals surface area contributed by atoms with Gasteiger partial charge in [-0.05, 0) is 32.1 Å². The number of hydrogen-bond donors (Lipinski definition) is 1. The molecule has 0 bridgehead atoms. The summed E-state index contributed by atoms with van der Waals surface area (Å²) < 4.78 is 2.31. The molecular formula is C12H19N3. The molecule has 0 unspecified atom stereocenters. The fourth-order valence-corrected chi connectivity index (χ4v) is 3.10. The maximum absolute atomic E-state index is 6.47. The highest BCUT2D eigenvalue weighted by atomic mass is 15.1. The van der Waals surface area contributed by atoms with Crippen molar-refractivity contribution in [3.8, 4) is 0 Å². The third kappa shape index (κ3) is 1.41. The van der Waals surface area contributed by atoms with E-state index in [9.17, 15) is 0 Å². The highest BCUT2D eigenvalue weighted by Gasteiger charge is 2.36. The van der Waals surface area contributed by atoms with Crippen LogP contribution < -0.4 is 5.73 Å². The maximum atomic E-state index is 6.47. The summed E-state index contributed by atoms with van der Waals surface area (Å²) in [5, 5.41) is 0. The molecule has 1 saturated carbocycles. The zero-order chi connectivity index (χ0) is 10.3. The standard InChI is InChI=1S/C12H19N3/c13-12(6-2-3-7-12)11-10-5-1-4-8-15(10)9-14-11/h9H,1-8,13H2. The monoisotopic (exact) mass is 205 g/mol. The van der Waals surface area contributed by atoms with Crippen LogP contribution in [0.2, 0.25) is 0 Å². The van der Waals surface area contributed by atoms with Crippen LogP contribution in [0.15, 0.2) is 6.33 Å². The Hall–Kier alpha value is -0.830. The highest BCUT2D eigenvalue weighted by Crippen LogP contribution is 2.38. The first-order valence-electron chi connectivity index (χ1n) is 6.13. The average molecular weight is 205 g/mol. The van der Waals surface area contributed by atoms with Gasteiger partial charge in [0.1, 0.15) is 0 Å². The summed E-state index contributed by atoms with van der Waals surface area (Å²) in [6.45, 7) is 1.14. The number of hydrogen-bond acceptors (Lipinski definition) is 2. The zero-order valence-corrected chi connectivity index (χ0v) is 9.21. The molecule has 15 heavy (non-hydrogen) atoms. The topological polar surface area (TPSA) is 43.8 Å². The van der Waals surface area contributed by atoms with Gasteiger partial charge in [-0.15, -0.1) is 0 Å². The van der Waals surface area contributed by atoms with Crippen LogP contribution in [0.4, 0.5) is 0 Å². The van der Waals surface area contributed by atoms with E-state index < -0.39 is 0 Å². The number of imidazole rings is 1. The van der Waals surface area contributed by atoms with Crippen LogP contribution in [0.5, 0.6) is 0 Å². The summed E-state index contributed by atoms with van der Waals surface area (Å²) in [5.41, 5.74) is 9.00. The van der Waals surface area contributed by atoms with E-state index in [1.54, 1.807) is 0 Å². The summed E-state index contributed by atoms with van der Waals surface area (Å²) in [4.78, 5) is 4.59. The molecule has 2 N–H and O–H groups in total. The quantitative estimate of drug-likeness (QED) is 0.761. The number of rotatable bonds is 1. The van der Waals surface area contributed by atoms with Crippen molar-refractivity contribution in [2.45, 2.75) is 57.0 Å². The molecule has 82 valence electrons. The zero-order valence-electron chi connectivity index (χ0n) is 9.21. The lowest BCUT2D eigenvalue weighted by molar-refractivity contribution is 0.435. The molecule has 1 aromatic rings. The number of aryl methyl sites for hydroxylation is 1. The van der Waals surface area contributed by atoms with Gasteiger partial charge in [-0.1, -0.05) is 12.8 Å². The fraction of sp³-hybridized carbons (Fsp3) is 0.750. The Morgan fingerprint density at radius 1 is 1.20 bits per heavy atom. The molecule has 3 nitrogen and oxygen atoms in total. The maximum Gasteiger partial charge on any atom is 0.0952 e. The molecule has 2 aliphatic rings. The minimum atomic E-state index is -0.0993. The Bertz CT molecular complexity index is 361. The van der Waals surface area contributed by atoms with Gasteiger partial charge in [0.05, 0.1) is 17.6 Å². The Morgan fingerprint density at radius 3 is 2.80 bits per heavy atom. The Morgan fingerprint density at radius 2 is 2.00 bits per heavy atom. The van der Waals surface area contributed by atoms with Crippen molar-refractivity contribution in [1.82, 2.24) is 9.55 Å². The molecule has 1 aliphatic heterocycles. The second-order valence-electron chi connectivity index (χ2n) is 5.05. The van der Waals surface area contributed by atoms with E-state index in [1.165, 1.54) is 43.5 Å². The minimum Gasteiger partial charge on any atom is -0.334 e. The van der Waals surface area contributed by atoms with E-state index in [2.05, 4.69) is 9.55 Å². The van der Waals surface area contributed by atoms with E-state index in [1.807, 2.05) is 6.33 Å². The molecule has 0 atom stereocenters. The summed E-state index contributed by atoms with van der Waals surface area (Å²) >= 11 is 0. The molecular weight excluding hydrogens is 186 g/mol. The van der Waals surface area contributed by atoms with Crippen molar-refractivity contribution in [1.29, 1.82) is 0 Å². The van der Waals surface area contributed by atoms with Gasteiger partial charge in [0, 0.05) is 12.2 Å². The lowest BCUT2D eigenvalue weighted by Gasteiger charge is -2.25. The van der Waals surface area contributed by atoms with Crippen molar-refractivity contribution in [3.63, 3.8) is 0 Å². The van der Waals surface area contributed by atoms with Gasteiger partial charge in [-0.2, -0.15) is 0 Å². The van der Waals surface area contributed by atoms with Crippen molar-refractivity contribution >= 4 is 0 Å². The van der Waals surface area contributed by atoms with Crippen molar-refractivity contribution in [3.05, 3.63) is 17.7 Å². The molecule has 0 spiro atoms. The van der Waals surface area contributed by atoms with Crippen molar-refractivity contribution in [2.24, 2.45) is 5.73 Å². The van der Waals surface area contributed by atoms with Gasteiger partial charge in [0.15, 0.2) is 0 Å². The van der Waals surface area contributed by atoms with E-state index in [4.69, 9.17) is 5.73 Å². The smallest absolute Gasteiger partial charge is 0.0952 e.